The Bertz CT molecular complexity index is 685. The van der Waals surface area contributed by atoms with E-state index in [1.807, 2.05) is 32.2 Å². The first kappa shape index (κ1) is 17.1. The Kier molecular flexibility index (Phi) is 5.81. The molecule has 1 aromatic heterocycles. The Morgan fingerprint density at radius 3 is 2.61 bits per heavy atom. The zero-order valence-electron chi connectivity index (χ0n) is 13.8. The molecule has 0 aliphatic heterocycles. The zero-order valence-corrected chi connectivity index (χ0v) is 14.7. The van der Waals surface area contributed by atoms with E-state index in [-0.39, 0.29) is 0 Å². The number of methoxy groups -OCH3 is 2. The van der Waals surface area contributed by atoms with E-state index in [0.29, 0.717) is 5.11 Å². The summed E-state index contributed by atoms with van der Waals surface area (Å²) in [5, 5.41) is 11.1. The van der Waals surface area contributed by atoms with Gasteiger partial charge in [0.05, 0.1) is 31.8 Å². The summed E-state index contributed by atoms with van der Waals surface area (Å²) in [7, 11) is 5.16. The SMILES string of the molecule is COc1ccc(CCNC(=S)Nc2cnn(C)c2C)cc1OC. The van der Waals surface area contributed by atoms with E-state index in [1.54, 1.807) is 25.1 Å². The van der Waals surface area contributed by atoms with Gasteiger partial charge >= 0.3 is 0 Å². The minimum absolute atomic E-state index is 0.585. The number of rotatable bonds is 6. The molecule has 2 aromatic rings. The highest BCUT2D eigenvalue weighted by atomic mass is 32.1. The quantitative estimate of drug-likeness (QED) is 0.791. The number of aryl methyl sites for hydroxylation is 1. The van der Waals surface area contributed by atoms with Crippen molar-refractivity contribution in [2.75, 3.05) is 26.1 Å². The van der Waals surface area contributed by atoms with Gasteiger partial charge in [0.2, 0.25) is 0 Å². The van der Waals surface area contributed by atoms with Gasteiger partial charge in [0.15, 0.2) is 16.6 Å². The van der Waals surface area contributed by atoms with Gasteiger partial charge in [0, 0.05) is 13.6 Å². The molecule has 0 amide bonds. The summed E-state index contributed by atoms with van der Waals surface area (Å²) in [5.41, 5.74) is 3.10. The van der Waals surface area contributed by atoms with Crippen molar-refractivity contribution in [3.05, 3.63) is 35.7 Å². The van der Waals surface area contributed by atoms with E-state index in [9.17, 15) is 0 Å². The molecule has 23 heavy (non-hydrogen) atoms. The Labute approximate surface area is 141 Å². The van der Waals surface area contributed by atoms with Gasteiger partial charge in [-0.1, -0.05) is 6.07 Å². The number of ether oxygens (including phenoxy) is 2. The molecule has 124 valence electrons. The molecule has 0 spiro atoms. The van der Waals surface area contributed by atoms with Crippen LogP contribution in [-0.2, 0) is 13.5 Å². The fourth-order valence-corrected chi connectivity index (χ4v) is 2.36. The smallest absolute Gasteiger partial charge is 0.170 e. The average molecular weight is 334 g/mol. The minimum Gasteiger partial charge on any atom is -0.493 e. The lowest BCUT2D eigenvalue weighted by atomic mass is 10.1. The first-order valence-corrected chi connectivity index (χ1v) is 7.70. The largest absolute Gasteiger partial charge is 0.493 e. The minimum atomic E-state index is 0.585. The van der Waals surface area contributed by atoms with Crippen LogP contribution in [0, 0.1) is 6.92 Å². The van der Waals surface area contributed by atoms with E-state index in [4.69, 9.17) is 21.7 Å². The molecule has 6 nitrogen and oxygen atoms in total. The number of hydrogen-bond donors (Lipinski definition) is 2. The van der Waals surface area contributed by atoms with Crippen LogP contribution >= 0.6 is 12.2 Å². The predicted molar refractivity (Wildman–Crippen MR) is 95.4 cm³/mol. The van der Waals surface area contributed by atoms with Gasteiger partial charge in [-0.15, -0.1) is 0 Å². The van der Waals surface area contributed by atoms with Crippen molar-refractivity contribution < 1.29 is 9.47 Å². The van der Waals surface area contributed by atoms with Crippen LogP contribution in [0.2, 0.25) is 0 Å². The summed E-state index contributed by atoms with van der Waals surface area (Å²) in [4.78, 5) is 0. The van der Waals surface area contributed by atoms with E-state index >= 15 is 0 Å². The molecule has 0 radical (unpaired) electrons. The van der Waals surface area contributed by atoms with Gasteiger partial charge in [-0.3, -0.25) is 4.68 Å². The molecule has 7 heteroatoms. The fraction of sp³-hybridized carbons (Fsp3) is 0.375. The molecule has 0 aliphatic carbocycles. The van der Waals surface area contributed by atoms with Crippen LogP contribution in [0.3, 0.4) is 0 Å². The van der Waals surface area contributed by atoms with Crippen molar-refractivity contribution in [1.82, 2.24) is 15.1 Å². The lowest BCUT2D eigenvalue weighted by molar-refractivity contribution is 0.354. The fourth-order valence-electron chi connectivity index (χ4n) is 2.14. The molecule has 0 unspecified atom stereocenters. The second-order valence-electron chi connectivity index (χ2n) is 5.09. The van der Waals surface area contributed by atoms with Gasteiger partial charge in [0.25, 0.3) is 0 Å². The maximum atomic E-state index is 5.31. The van der Waals surface area contributed by atoms with Crippen molar-refractivity contribution in [3.8, 4) is 11.5 Å². The molecule has 0 bridgehead atoms. The number of nitrogens with zero attached hydrogens (tertiary/aromatic N) is 2. The summed E-state index contributed by atoms with van der Waals surface area (Å²) >= 11 is 5.30. The normalized spacial score (nSPS) is 10.3. The predicted octanol–water partition coefficient (Wildman–Crippen LogP) is 2.27. The lowest BCUT2D eigenvalue weighted by Crippen LogP contribution is -2.30. The summed E-state index contributed by atoms with van der Waals surface area (Å²) in [6.45, 7) is 2.71. The highest BCUT2D eigenvalue weighted by Gasteiger charge is 2.06. The first-order chi connectivity index (χ1) is 11.0. The van der Waals surface area contributed by atoms with Crippen LogP contribution in [0.25, 0.3) is 0 Å². The second kappa shape index (κ2) is 7.82. The van der Waals surface area contributed by atoms with Crippen molar-refractivity contribution in [2.24, 2.45) is 7.05 Å². The molecule has 2 N–H and O–H groups in total. The van der Waals surface area contributed by atoms with Gasteiger partial charge in [-0.2, -0.15) is 5.10 Å². The number of anilines is 1. The van der Waals surface area contributed by atoms with E-state index in [0.717, 1.165) is 41.4 Å². The molecule has 2 rings (SSSR count). The van der Waals surface area contributed by atoms with Crippen LogP contribution < -0.4 is 20.1 Å². The van der Waals surface area contributed by atoms with Crippen molar-refractivity contribution in [3.63, 3.8) is 0 Å². The molecule has 0 saturated heterocycles. The number of nitrogens with one attached hydrogen (secondary N) is 2. The number of hydrogen-bond acceptors (Lipinski definition) is 4. The third kappa shape index (κ3) is 4.35. The molecular formula is C16H22N4O2S. The zero-order chi connectivity index (χ0) is 16.8. The monoisotopic (exact) mass is 334 g/mol. The Balaban J connectivity index is 1.85. The standard InChI is InChI=1S/C16H22N4O2S/c1-11-13(10-18-20(11)2)19-16(23)17-8-7-12-5-6-14(21-3)15(9-12)22-4/h5-6,9-10H,7-8H2,1-4H3,(H2,17,19,23). The van der Waals surface area contributed by atoms with Gasteiger partial charge in [-0.25, -0.2) is 0 Å². The van der Waals surface area contributed by atoms with Gasteiger partial charge < -0.3 is 20.1 Å². The molecule has 0 fully saturated rings. The van der Waals surface area contributed by atoms with Crippen LogP contribution in [0.1, 0.15) is 11.3 Å². The summed E-state index contributed by atoms with van der Waals surface area (Å²) < 4.78 is 12.3. The van der Waals surface area contributed by atoms with Crippen LogP contribution in [0.5, 0.6) is 11.5 Å². The van der Waals surface area contributed by atoms with E-state index in [1.165, 1.54) is 0 Å². The number of aromatic nitrogens is 2. The summed E-state index contributed by atoms with van der Waals surface area (Å²) in [5.74, 6) is 1.46. The van der Waals surface area contributed by atoms with E-state index < -0.39 is 0 Å². The van der Waals surface area contributed by atoms with Crippen LogP contribution in [0.4, 0.5) is 5.69 Å². The van der Waals surface area contributed by atoms with Crippen molar-refractivity contribution in [1.29, 1.82) is 0 Å². The van der Waals surface area contributed by atoms with Gasteiger partial charge in [-0.05, 0) is 43.3 Å². The Morgan fingerprint density at radius 2 is 2.00 bits per heavy atom. The maximum Gasteiger partial charge on any atom is 0.170 e. The topological polar surface area (TPSA) is 60.3 Å². The van der Waals surface area contributed by atoms with E-state index in [2.05, 4.69) is 15.7 Å². The van der Waals surface area contributed by atoms with Gasteiger partial charge in [0.1, 0.15) is 0 Å². The Morgan fingerprint density at radius 1 is 1.26 bits per heavy atom. The first-order valence-electron chi connectivity index (χ1n) is 7.29. The summed E-state index contributed by atoms with van der Waals surface area (Å²) in [6.07, 6.45) is 2.59. The second-order valence-corrected chi connectivity index (χ2v) is 5.50. The number of thiocarbonyl (C=S) groups is 1. The molecule has 0 saturated carbocycles. The van der Waals surface area contributed by atoms with Crippen molar-refractivity contribution in [2.45, 2.75) is 13.3 Å². The van der Waals surface area contributed by atoms with Crippen LogP contribution in [-0.4, -0.2) is 35.7 Å². The number of benzene rings is 1. The third-order valence-corrected chi connectivity index (χ3v) is 3.88. The average Bonchev–Trinajstić information content (AvgIpc) is 2.86. The maximum absolute atomic E-state index is 5.31. The molecule has 0 atom stereocenters. The third-order valence-electron chi connectivity index (χ3n) is 3.63. The molecule has 1 aromatic carbocycles. The highest BCUT2D eigenvalue weighted by molar-refractivity contribution is 7.80. The molecule has 0 aliphatic rings. The Hall–Kier alpha value is -2.28. The molecular weight excluding hydrogens is 312 g/mol. The van der Waals surface area contributed by atoms with Crippen molar-refractivity contribution >= 4 is 23.0 Å². The lowest BCUT2D eigenvalue weighted by Gasteiger charge is -2.12. The summed E-state index contributed by atoms with van der Waals surface area (Å²) in [6, 6.07) is 5.90. The highest BCUT2D eigenvalue weighted by Crippen LogP contribution is 2.27. The molecule has 1 heterocycles. The van der Waals surface area contributed by atoms with Crippen LogP contribution in [0.15, 0.2) is 24.4 Å².